The lowest BCUT2D eigenvalue weighted by Gasteiger charge is -2.17. The quantitative estimate of drug-likeness (QED) is 0.507. The molecule has 0 radical (unpaired) electrons. The largest absolute Gasteiger partial charge is 0.366 e. The van der Waals surface area contributed by atoms with Crippen LogP contribution in [-0.2, 0) is 24.3 Å². The van der Waals surface area contributed by atoms with Gasteiger partial charge in [0.15, 0.2) is 0 Å². The first-order valence-corrected chi connectivity index (χ1v) is 10.1. The zero-order chi connectivity index (χ0) is 21.7. The van der Waals surface area contributed by atoms with Crippen molar-refractivity contribution in [1.82, 2.24) is 4.90 Å². The molecule has 1 heterocycles. The van der Waals surface area contributed by atoms with Crippen LogP contribution in [0.5, 0.6) is 0 Å². The van der Waals surface area contributed by atoms with Gasteiger partial charge in [0.1, 0.15) is 5.82 Å². The first-order valence-electron chi connectivity index (χ1n) is 10.1. The van der Waals surface area contributed by atoms with Crippen LogP contribution in [-0.4, -0.2) is 16.7 Å². The third-order valence-electron chi connectivity index (χ3n) is 6.08. The minimum atomic E-state index is -0.636. The Balaban J connectivity index is 1.74. The predicted molar refractivity (Wildman–Crippen MR) is 116 cm³/mol. The molecule has 0 bridgehead atoms. The molecule has 2 N–H and O–H groups in total. The van der Waals surface area contributed by atoms with Gasteiger partial charge in [-0.15, -0.1) is 0 Å². The van der Waals surface area contributed by atoms with E-state index in [4.69, 9.17) is 5.73 Å². The Labute approximate surface area is 179 Å². The highest BCUT2D eigenvalue weighted by Crippen LogP contribution is 2.47. The second-order valence-electron chi connectivity index (χ2n) is 7.81. The Morgan fingerprint density at radius 1 is 0.968 bits per heavy atom. The maximum Gasteiger partial charge on any atom is 0.299 e. The second-order valence-corrected chi connectivity index (χ2v) is 7.81. The van der Waals surface area contributed by atoms with Gasteiger partial charge in [0.2, 0.25) is 5.91 Å². The maximum absolute atomic E-state index is 15.6. The summed E-state index contributed by atoms with van der Waals surface area (Å²) < 4.78 is 15.6. The third-order valence-corrected chi connectivity index (χ3v) is 6.08. The molecule has 0 saturated carbocycles. The van der Waals surface area contributed by atoms with E-state index in [1.165, 1.54) is 6.07 Å². The number of rotatable bonds is 2. The van der Waals surface area contributed by atoms with Crippen LogP contribution < -0.4 is 5.73 Å². The lowest BCUT2D eigenvalue weighted by atomic mass is 9.88. The van der Waals surface area contributed by atoms with Gasteiger partial charge in [-0.3, -0.25) is 9.59 Å². The first-order chi connectivity index (χ1) is 15.0. The van der Waals surface area contributed by atoms with E-state index in [9.17, 15) is 9.59 Å². The number of hydrogen-bond donors (Lipinski definition) is 1. The fraction of sp³-hybridized carbons (Fsp3) is 0.154. The van der Waals surface area contributed by atoms with E-state index in [0.717, 1.165) is 38.9 Å². The zero-order valence-corrected chi connectivity index (χ0v) is 17.0. The lowest BCUT2D eigenvalue weighted by Crippen LogP contribution is -2.23. The van der Waals surface area contributed by atoms with Gasteiger partial charge in [0.05, 0.1) is 0 Å². The zero-order valence-electron chi connectivity index (χ0n) is 17.0. The molecule has 0 atom stereocenters. The molecule has 0 spiro atoms. The number of nitrogens with zero attached hydrogens (tertiary/aromatic N) is 1. The molecule has 5 rings (SSSR count). The number of carbonyl (C=O) groups is 2. The van der Waals surface area contributed by atoms with Gasteiger partial charge in [0, 0.05) is 24.2 Å². The normalized spacial score (nSPS) is 13.2. The summed E-state index contributed by atoms with van der Waals surface area (Å²) in [5.41, 5.74) is 12.3. The number of nitrogens with two attached hydrogens (primary N) is 1. The van der Waals surface area contributed by atoms with E-state index in [1.807, 2.05) is 42.5 Å². The van der Waals surface area contributed by atoms with Crippen molar-refractivity contribution < 1.29 is 14.0 Å². The Kier molecular flexibility index (Phi) is 4.37. The van der Waals surface area contributed by atoms with Crippen molar-refractivity contribution in [2.75, 3.05) is 0 Å². The average Bonchev–Trinajstić information content (AvgIpc) is 3.35. The molecule has 31 heavy (non-hydrogen) atoms. The number of amides is 2. The molecule has 3 aromatic carbocycles. The molecule has 0 unspecified atom stereocenters. The molecule has 1 aliphatic carbocycles. The molecular weight excluding hydrogens is 391 g/mol. The average molecular weight is 410 g/mol. The highest BCUT2D eigenvalue weighted by Gasteiger charge is 2.32. The van der Waals surface area contributed by atoms with Gasteiger partial charge < -0.3 is 10.6 Å². The number of hydrogen-bond acceptors (Lipinski definition) is 2. The number of carbonyl (C=O) groups excluding carboxylic acids is 2. The Morgan fingerprint density at radius 2 is 1.71 bits per heavy atom. The van der Waals surface area contributed by atoms with Gasteiger partial charge in [-0.1, -0.05) is 48.4 Å². The molecule has 2 aliphatic rings. The summed E-state index contributed by atoms with van der Waals surface area (Å²) in [6.45, 7) is 2.44. The molecule has 0 saturated heterocycles. The molecule has 5 heteroatoms. The van der Waals surface area contributed by atoms with Crippen molar-refractivity contribution in [2.45, 2.75) is 26.4 Å². The SMILES string of the molecule is CC#CC(=O)N1Cc2cccc(-c3c(F)cc(C(N)=O)c4c3-c3ccccc3C4)c2C1. The number of benzene rings is 3. The van der Waals surface area contributed by atoms with Crippen LogP contribution in [0.3, 0.4) is 0 Å². The van der Waals surface area contributed by atoms with Crippen LogP contribution in [0.4, 0.5) is 4.39 Å². The molecule has 1 aliphatic heterocycles. The number of halogens is 1. The van der Waals surface area contributed by atoms with Gasteiger partial charge in [0.25, 0.3) is 5.91 Å². The third kappa shape index (κ3) is 2.91. The van der Waals surface area contributed by atoms with Gasteiger partial charge in [-0.05, 0) is 64.3 Å². The number of fused-ring (bicyclic) bond motifs is 4. The summed E-state index contributed by atoms with van der Waals surface area (Å²) in [4.78, 5) is 26.1. The van der Waals surface area contributed by atoms with Crippen molar-refractivity contribution in [3.63, 3.8) is 0 Å². The van der Waals surface area contributed by atoms with Crippen LogP contribution in [0.2, 0.25) is 0 Å². The van der Waals surface area contributed by atoms with Crippen LogP contribution in [0.15, 0.2) is 48.5 Å². The fourth-order valence-corrected chi connectivity index (χ4v) is 4.75. The van der Waals surface area contributed by atoms with E-state index in [2.05, 4.69) is 11.8 Å². The topological polar surface area (TPSA) is 63.4 Å². The summed E-state index contributed by atoms with van der Waals surface area (Å²) in [5.74, 6) is 3.85. The molecule has 3 aromatic rings. The maximum atomic E-state index is 15.6. The smallest absolute Gasteiger partial charge is 0.299 e. The van der Waals surface area contributed by atoms with Crippen LogP contribution in [0.1, 0.15) is 39.5 Å². The first kappa shape index (κ1) is 19.1. The molecule has 152 valence electrons. The number of primary amides is 1. The summed E-state index contributed by atoms with van der Waals surface area (Å²) >= 11 is 0. The van der Waals surface area contributed by atoms with Crippen LogP contribution >= 0.6 is 0 Å². The van der Waals surface area contributed by atoms with E-state index in [0.29, 0.717) is 25.1 Å². The highest BCUT2D eigenvalue weighted by molar-refractivity contribution is 6.02. The second kappa shape index (κ2) is 7.10. The fourth-order valence-electron chi connectivity index (χ4n) is 4.75. The molecular formula is C26H19FN2O2. The molecule has 0 aromatic heterocycles. The van der Waals surface area contributed by atoms with E-state index in [1.54, 1.807) is 11.8 Å². The van der Waals surface area contributed by atoms with Crippen LogP contribution in [0.25, 0.3) is 22.3 Å². The van der Waals surface area contributed by atoms with E-state index < -0.39 is 11.7 Å². The Hall–Kier alpha value is -3.91. The van der Waals surface area contributed by atoms with Crippen molar-refractivity contribution in [3.8, 4) is 34.1 Å². The monoisotopic (exact) mass is 410 g/mol. The highest BCUT2D eigenvalue weighted by atomic mass is 19.1. The van der Waals surface area contributed by atoms with Gasteiger partial charge in [-0.2, -0.15) is 0 Å². The molecule has 2 amide bonds. The summed E-state index contributed by atoms with van der Waals surface area (Å²) in [6.07, 6.45) is 0.531. The van der Waals surface area contributed by atoms with Gasteiger partial charge >= 0.3 is 0 Å². The van der Waals surface area contributed by atoms with Crippen molar-refractivity contribution in [1.29, 1.82) is 0 Å². The van der Waals surface area contributed by atoms with Crippen LogP contribution in [0, 0.1) is 17.7 Å². The standard InChI is InChI=1S/C26H19FN2O2/c1-2-6-23(30)29-13-16-8-5-10-18(21(16)14-29)25-22(27)12-20(26(28)31)19-11-15-7-3-4-9-17(15)24(19)25/h3-5,7-10,12H,11,13-14H2,1H3,(H2,28,31). The van der Waals surface area contributed by atoms with Gasteiger partial charge in [-0.25, -0.2) is 4.39 Å². The van der Waals surface area contributed by atoms with Crippen molar-refractivity contribution >= 4 is 11.8 Å². The van der Waals surface area contributed by atoms with Crippen molar-refractivity contribution in [3.05, 3.63) is 82.2 Å². The molecule has 0 fully saturated rings. The van der Waals surface area contributed by atoms with E-state index >= 15 is 4.39 Å². The predicted octanol–water partition coefficient (Wildman–Crippen LogP) is 4.03. The minimum absolute atomic E-state index is 0.218. The Morgan fingerprint density at radius 3 is 2.48 bits per heavy atom. The van der Waals surface area contributed by atoms with Crippen molar-refractivity contribution in [2.24, 2.45) is 5.73 Å². The Bertz CT molecular complexity index is 1350. The summed E-state index contributed by atoms with van der Waals surface area (Å²) in [6, 6.07) is 14.7. The lowest BCUT2D eigenvalue weighted by molar-refractivity contribution is -0.125. The van der Waals surface area contributed by atoms with E-state index in [-0.39, 0.29) is 11.5 Å². The molecule has 4 nitrogen and oxygen atoms in total. The summed E-state index contributed by atoms with van der Waals surface area (Å²) in [5, 5.41) is 0. The summed E-state index contributed by atoms with van der Waals surface area (Å²) in [7, 11) is 0. The minimum Gasteiger partial charge on any atom is -0.366 e.